The van der Waals surface area contributed by atoms with Crippen LogP contribution in [0.4, 0.5) is 11.4 Å². The second-order valence-corrected chi connectivity index (χ2v) is 5.03. The highest BCUT2D eigenvalue weighted by atomic mass is 16.5. The Bertz CT molecular complexity index is 408. The average molecular weight is 263 g/mol. The van der Waals surface area contributed by atoms with Gasteiger partial charge in [0.1, 0.15) is 5.75 Å². The molecule has 1 heterocycles. The average Bonchev–Trinajstić information content (AvgIpc) is 2.83. The molecule has 0 aliphatic carbocycles. The van der Waals surface area contributed by atoms with Gasteiger partial charge in [-0.25, -0.2) is 0 Å². The van der Waals surface area contributed by atoms with Crippen LogP contribution in [0.5, 0.6) is 5.75 Å². The zero-order valence-corrected chi connectivity index (χ0v) is 12.0. The van der Waals surface area contributed by atoms with Crippen LogP contribution in [0.2, 0.25) is 0 Å². The number of nitrogen functional groups attached to an aromatic ring is 1. The molecule has 2 rings (SSSR count). The van der Waals surface area contributed by atoms with Crippen LogP contribution in [0.3, 0.4) is 0 Å². The van der Waals surface area contributed by atoms with Crippen molar-refractivity contribution in [1.29, 1.82) is 0 Å². The quantitative estimate of drug-likeness (QED) is 0.775. The maximum absolute atomic E-state index is 5.90. The van der Waals surface area contributed by atoms with Gasteiger partial charge < -0.3 is 15.8 Å². The van der Waals surface area contributed by atoms with Crippen LogP contribution < -0.4 is 15.8 Å². The van der Waals surface area contributed by atoms with Crippen molar-refractivity contribution in [2.24, 2.45) is 0 Å². The van der Waals surface area contributed by atoms with E-state index in [1.165, 1.54) is 19.4 Å². The van der Waals surface area contributed by atoms with Crippen LogP contribution in [-0.2, 0) is 0 Å². The van der Waals surface area contributed by atoms with Crippen molar-refractivity contribution < 1.29 is 4.74 Å². The first-order valence-electron chi connectivity index (χ1n) is 7.24. The molecule has 1 aliphatic rings. The van der Waals surface area contributed by atoms with Crippen molar-refractivity contribution in [1.82, 2.24) is 4.90 Å². The summed E-state index contributed by atoms with van der Waals surface area (Å²) < 4.78 is 5.51. The van der Waals surface area contributed by atoms with Crippen molar-refractivity contribution in [3.63, 3.8) is 0 Å². The Morgan fingerprint density at radius 3 is 2.95 bits per heavy atom. The van der Waals surface area contributed by atoms with Crippen molar-refractivity contribution >= 4 is 11.4 Å². The first-order chi connectivity index (χ1) is 9.22. The van der Waals surface area contributed by atoms with Gasteiger partial charge in [-0.2, -0.15) is 0 Å². The molecule has 1 unspecified atom stereocenters. The van der Waals surface area contributed by atoms with Gasteiger partial charge in [-0.15, -0.1) is 0 Å². The van der Waals surface area contributed by atoms with Gasteiger partial charge in [0.2, 0.25) is 0 Å². The van der Waals surface area contributed by atoms with Gasteiger partial charge in [0, 0.05) is 36.1 Å². The predicted octanol–water partition coefficient (Wildman–Crippen LogP) is 2.56. The molecule has 1 aromatic rings. The first kappa shape index (κ1) is 14.0. The molecule has 1 fully saturated rings. The van der Waals surface area contributed by atoms with Gasteiger partial charge >= 0.3 is 0 Å². The maximum Gasteiger partial charge on any atom is 0.123 e. The molecule has 4 nitrogen and oxygen atoms in total. The van der Waals surface area contributed by atoms with Gasteiger partial charge in [-0.1, -0.05) is 6.92 Å². The topological polar surface area (TPSA) is 50.5 Å². The molecule has 0 bridgehead atoms. The molecule has 1 aromatic carbocycles. The predicted molar refractivity (Wildman–Crippen MR) is 80.8 cm³/mol. The Labute approximate surface area is 115 Å². The highest BCUT2D eigenvalue weighted by molar-refractivity contribution is 5.59. The minimum atomic E-state index is 0.641. The molecule has 1 atom stereocenters. The highest BCUT2D eigenvalue weighted by Crippen LogP contribution is 2.24. The lowest BCUT2D eigenvalue weighted by Crippen LogP contribution is -2.34. The number of nitrogens with two attached hydrogens (primary N) is 1. The number of rotatable bonds is 6. The van der Waals surface area contributed by atoms with E-state index >= 15 is 0 Å². The van der Waals surface area contributed by atoms with E-state index in [2.05, 4.69) is 17.1 Å². The monoisotopic (exact) mass is 263 g/mol. The van der Waals surface area contributed by atoms with Crippen LogP contribution in [0.1, 0.15) is 26.7 Å². The summed E-state index contributed by atoms with van der Waals surface area (Å²) in [6, 6.07) is 6.49. The van der Waals surface area contributed by atoms with E-state index in [1.54, 1.807) is 0 Å². The molecule has 1 aliphatic heterocycles. The molecule has 0 spiro atoms. The Morgan fingerprint density at radius 2 is 2.21 bits per heavy atom. The molecular formula is C15H25N3O. The Morgan fingerprint density at radius 1 is 1.37 bits per heavy atom. The van der Waals surface area contributed by atoms with E-state index in [0.717, 1.165) is 30.2 Å². The summed E-state index contributed by atoms with van der Waals surface area (Å²) in [6.45, 7) is 8.20. The molecule has 106 valence electrons. The van der Waals surface area contributed by atoms with Gasteiger partial charge in [-0.3, -0.25) is 4.90 Å². The van der Waals surface area contributed by atoms with E-state index in [9.17, 15) is 0 Å². The third-order valence-electron chi connectivity index (χ3n) is 3.69. The van der Waals surface area contributed by atoms with E-state index < -0.39 is 0 Å². The lowest BCUT2D eigenvalue weighted by molar-refractivity contribution is 0.277. The number of ether oxygens (including phenoxy) is 1. The fourth-order valence-electron chi connectivity index (χ4n) is 2.75. The summed E-state index contributed by atoms with van der Waals surface area (Å²) in [4.78, 5) is 2.53. The molecule has 0 saturated carbocycles. The third kappa shape index (κ3) is 3.77. The number of anilines is 2. The van der Waals surface area contributed by atoms with E-state index in [-0.39, 0.29) is 0 Å². The fraction of sp³-hybridized carbons (Fsp3) is 0.600. The zero-order valence-electron chi connectivity index (χ0n) is 12.0. The largest absolute Gasteiger partial charge is 0.494 e. The Hall–Kier alpha value is -1.42. The Kier molecular flexibility index (Phi) is 4.91. The standard InChI is InChI=1S/C15H25N3O/c1-3-18-7-5-6-14(18)11-17-13-8-12(16)9-15(10-13)19-4-2/h8-10,14,17H,3-7,11,16H2,1-2H3. The summed E-state index contributed by atoms with van der Waals surface area (Å²) >= 11 is 0. The maximum atomic E-state index is 5.90. The second kappa shape index (κ2) is 6.66. The molecule has 0 amide bonds. The molecule has 3 N–H and O–H groups in total. The number of hydrogen-bond acceptors (Lipinski definition) is 4. The fourth-order valence-corrected chi connectivity index (χ4v) is 2.75. The van der Waals surface area contributed by atoms with E-state index in [4.69, 9.17) is 10.5 Å². The van der Waals surface area contributed by atoms with Crippen molar-refractivity contribution in [2.75, 3.05) is 37.3 Å². The first-order valence-corrected chi connectivity index (χ1v) is 7.24. The number of nitrogens with one attached hydrogen (secondary N) is 1. The van der Waals surface area contributed by atoms with Gasteiger partial charge in [0.05, 0.1) is 6.61 Å². The molecule has 4 heteroatoms. The number of hydrogen-bond donors (Lipinski definition) is 2. The van der Waals surface area contributed by atoms with Crippen LogP contribution >= 0.6 is 0 Å². The van der Waals surface area contributed by atoms with Crippen molar-refractivity contribution in [3.05, 3.63) is 18.2 Å². The molecule has 1 saturated heterocycles. The summed E-state index contributed by atoms with van der Waals surface area (Å²) in [7, 11) is 0. The minimum absolute atomic E-state index is 0.641. The van der Waals surface area contributed by atoms with Crippen LogP contribution in [-0.4, -0.2) is 37.2 Å². The van der Waals surface area contributed by atoms with E-state index in [0.29, 0.717) is 12.6 Å². The molecule has 19 heavy (non-hydrogen) atoms. The molecule has 0 aromatic heterocycles. The van der Waals surface area contributed by atoms with Crippen molar-refractivity contribution in [3.8, 4) is 5.75 Å². The third-order valence-corrected chi connectivity index (χ3v) is 3.69. The number of benzene rings is 1. The number of likely N-dealkylation sites (N-methyl/N-ethyl adjacent to an activating group) is 1. The van der Waals surface area contributed by atoms with Crippen LogP contribution in [0.15, 0.2) is 18.2 Å². The highest BCUT2D eigenvalue weighted by Gasteiger charge is 2.22. The van der Waals surface area contributed by atoms with Crippen LogP contribution in [0.25, 0.3) is 0 Å². The normalized spacial score (nSPS) is 19.6. The summed E-state index contributed by atoms with van der Waals surface area (Å²) in [5, 5.41) is 3.49. The smallest absolute Gasteiger partial charge is 0.123 e. The number of likely N-dealkylation sites (tertiary alicyclic amines) is 1. The summed E-state index contributed by atoms with van der Waals surface area (Å²) in [6.07, 6.45) is 2.59. The van der Waals surface area contributed by atoms with E-state index in [1.807, 2.05) is 25.1 Å². The lowest BCUT2D eigenvalue weighted by Gasteiger charge is -2.23. The van der Waals surface area contributed by atoms with Crippen molar-refractivity contribution in [2.45, 2.75) is 32.7 Å². The lowest BCUT2D eigenvalue weighted by atomic mass is 10.2. The van der Waals surface area contributed by atoms with Gasteiger partial charge in [0.25, 0.3) is 0 Å². The number of nitrogens with zero attached hydrogens (tertiary/aromatic N) is 1. The van der Waals surface area contributed by atoms with Gasteiger partial charge in [-0.05, 0) is 38.9 Å². The molecular weight excluding hydrogens is 238 g/mol. The van der Waals surface area contributed by atoms with Crippen LogP contribution in [0, 0.1) is 0 Å². The summed E-state index contributed by atoms with van der Waals surface area (Å²) in [5.74, 6) is 0.837. The molecule has 0 radical (unpaired) electrons. The summed E-state index contributed by atoms with van der Waals surface area (Å²) in [5.41, 5.74) is 7.69. The second-order valence-electron chi connectivity index (χ2n) is 5.03. The van der Waals surface area contributed by atoms with Gasteiger partial charge in [0.15, 0.2) is 0 Å². The minimum Gasteiger partial charge on any atom is -0.494 e. The zero-order chi connectivity index (χ0) is 13.7. The Balaban J connectivity index is 1.95. The SMILES string of the molecule is CCOc1cc(N)cc(NCC2CCCN2CC)c1.